The third-order valence-corrected chi connectivity index (χ3v) is 1.72. The zero-order valence-corrected chi connectivity index (χ0v) is 5.55. The molecular formula is C6H12N2O. The molecule has 1 aliphatic rings. The Morgan fingerprint density at radius 2 is 2.33 bits per heavy atom. The molecule has 1 saturated carbocycles. The molecule has 3 N–H and O–H groups in total. The van der Waals surface area contributed by atoms with E-state index >= 15 is 0 Å². The zero-order valence-electron chi connectivity index (χ0n) is 5.55. The molecule has 1 aliphatic carbocycles. The quantitative estimate of drug-likeness (QED) is 0.505. The molecule has 3 heteroatoms. The lowest BCUT2D eigenvalue weighted by Crippen LogP contribution is -2.54. The molecular weight excluding hydrogens is 116 g/mol. The molecule has 0 bridgehead atoms. The van der Waals surface area contributed by atoms with Gasteiger partial charge < -0.3 is 11.1 Å². The van der Waals surface area contributed by atoms with Crippen molar-refractivity contribution < 1.29 is 4.79 Å². The lowest BCUT2D eigenvalue weighted by atomic mass is 9.87. The van der Waals surface area contributed by atoms with Crippen LogP contribution in [0.4, 0.5) is 0 Å². The van der Waals surface area contributed by atoms with Crippen LogP contribution in [-0.4, -0.2) is 18.0 Å². The van der Waals surface area contributed by atoms with Crippen LogP contribution in [0.2, 0.25) is 0 Å². The number of amides is 1. The van der Waals surface area contributed by atoms with E-state index in [9.17, 15) is 4.79 Å². The predicted molar refractivity (Wildman–Crippen MR) is 34.8 cm³/mol. The van der Waals surface area contributed by atoms with Gasteiger partial charge in [-0.25, -0.2) is 0 Å². The monoisotopic (exact) mass is 128 g/mol. The minimum Gasteiger partial charge on any atom is -0.352 e. The van der Waals surface area contributed by atoms with Gasteiger partial charge >= 0.3 is 0 Å². The average Bonchev–Trinajstić information content (AvgIpc) is 1.79. The summed E-state index contributed by atoms with van der Waals surface area (Å²) in [6.45, 7) is 1.52. The van der Waals surface area contributed by atoms with E-state index in [4.69, 9.17) is 5.73 Å². The number of nitrogens with two attached hydrogens (primary N) is 1. The Kier molecular flexibility index (Phi) is 1.71. The van der Waals surface area contributed by atoms with E-state index in [0.29, 0.717) is 0 Å². The highest BCUT2D eigenvalue weighted by Crippen LogP contribution is 2.16. The Bertz CT molecular complexity index is 124. The third kappa shape index (κ3) is 1.42. The Morgan fingerprint density at radius 1 is 1.67 bits per heavy atom. The molecule has 0 aromatic rings. The van der Waals surface area contributed by atoms with Gasteiger partial charge in [0, 0.05) is 19.0 Å². The highest BCUT2D eigenvalue weighted by Gasteiger charge is 2.27. The number of hydrogen-bond donors (Lipinski definition) is 2. The lowest BCUT2D eigenvalue weighted by molar-refractivity contribution is -0.120. The largest absolute Gasteiger partial charge is 0.352 e. The Labute approximate surface area is 54.6 Å². The maximum atomic E-state index is 10.4. The van der Waals surface area contributed by atoms with Crippen molar-refractivity contribution in [1.29, 1.82) is 0 Å². The van der Waals surface area contributed by atoms with Crippen molar-refractivity contribution in [3.63, 3.8) is 0 Å². The molecule has 0 aromatic carbocycles. The third-order valence-electron chi connectivity index (χ3n) is 1.72. The first-order valence-electron chi connectivity index (χ1n) is 3.23. The van der Waals surface area contributed by atoms with Crippen molar-refractivity contribution in [3.05, 3.63) is 0 Å². The molecule has 1 rings (SSSR count). The molecule has 2 unspecified atom stereocenters. The molecule has 52 valence electrons. The van der Waals surface area contributed by atoms with Crippen LogP contribution in [0, 0.1) is 0 Å². The van der Waals surface area contributed by atoms with E-state index in [1.54, 1.807) is 0 Å². The fourth-order valence-corrected chi connectivity index (χ4v) is 0.966. The van der Waals surface area contributed by atoms with Gasteiger partial charge in [-0.2, -0.15) is 0 Å². The molecule has 1 amide bonds. The molecule has 0 saturated heterocycles. The number of hydrogen-bond acceptors (Lipinski definition) is 2. The van der Waals surface area contributed by atoms with E-state index in [1.165, 1.54) is 6.92 Å². The van der Waals surface area contributed by atoms with E-state index in [-0.39, 0.29) is 18.0 Å². The minimum absolute atomic E-state index is 0.0233. The van der Waals surface area contributed by atoms with Crippen LogP contribution >= 0.6 is 0 Å². The normalized spacial score (nSPS) is 33.1. The van der Waals surface area contributed by atoms with E-state index in [1.807, 2.05) is 0 Å². The molecule has 3 nitrogen and oxygen atoms in total. The van der Waals surface area contributed by atoms with Crippen LogP contribution < -0.4 is 11.1 Å². The number of nitrogens with one attached hydrogen (secondary N) is 1. The molecule has 0 radical (unpaired) electrons. The van der Waals surface area contributed by atoms with E-state index < -0.39 is 0 Å². The molecule has 0 spiro atoms. The number of carbonyl (C=O) groups is 1. The molecule has 2 atom stereocenters. The zero-order chi connectivity index (χ0) is 6.85. The van der Waals surface area contributed by atoms with E-state index in [0.717, 1.165) is 12.8 Å². The second-order valence-corrected chi connectivity index (χ2v) is 2.55. The molecule has 9 heavy (non-hydrogen) atoms. The Balaban J connectivity index is 2.21. The summed E-state index contributed by atoms with van der Waals surface area (Å²) in [5.74, 6) is 0.0233. The molecule has 0 heterocycles. The maximum absolute atomic E-state index is 10.4. The van der Waals surface area contributed by atoms with Gasteiger partial charge in [0.25, 0.3) is 0 Å². The summed E-state index contributed by atoms with van der Waals surface area (Å²) in [6.07, 6.45) is 2.09. The molecule has 1 fully saturated rings. The van der Waals surface area contributed by atoms with E-state index in [2.05, 4.69) is 5.32 Å². The first kappa shape index (κ1) is 6.55. The molecule has 0 aliphatic heterocycles. The average molecular weight is 128 g/mol. The van der Waals surface area contributed by atoms with Gasteiger partial charge in [-0.05, 0) is 12.8 Å². The minimum atomic E-state index is 0.0233. The van der Waals surface area contributed by atoms with Gasteiger partial charge in [0.15, 0.2) is 0 Å². The summed E-state index contributed by atoms with van der Waals surface area (Å²) in [5, 5.41) is 2.77. The summed E-state index contributed by atoms with van der Waals surface area (Å²) < 4.78 is 0. The predicted octanol–water partition coefficient (Wildman–Crippen LogP) is -0.388. The molecule has 0 aromatic heterocycles. The van der Waals surface area contributed by atoms with Gasteiger partial charge in [0.1, 0.15) is 0 Å². The van der Waals surface area contributed by atoms with Crippen molar-refractivity contribution in [2.45, 2.75) is 31.8 Å². The summed E-state index contributed by atoms with van der Waals surface area (Å²) in [7, 11) is 0. The Morgan fingerprint density at radius 3 is 2.44 bits per heavy atom. The fraction of sp³-hybridized carbons (Fsp3) is 0.833. The van der Waals surface area contributed by atoms with Crippen molar-refractivity contribution in [2.24, 2.45) is 5.73 Å². The summed E-state index contributed by atoms with van der Waals surface area (Å²) in [5.41, 5.74) is 5.56. The van der Waals surface area contributed by atoms with Crippen LogP contribution in [0.25, 0.3) is 0 Å². The highest BCUT2D eigenvalue weighted by molar-refractivity contribution is 5.73. The summed E-state index contributed by atoms with van der Waals surface area (Å²) >= 11 is 0. The van der Waals surface area contributed by atoms with Gasteiger partial charge in [-0.15, -0.1) is 0 Å². The lowest BCUT2D eigenvalue weighted by Gasteiger charge is -2.33. The van der Waals surface area contributed by atoms with Crippen LogP contribution in [0.5, 0.6) is 0 Å². The standard InChI is InChI=1S/C6H12N2O/c1-4(9)8-6-3-2-5(6)7/h5-6H,2-3,7H2,1H3,(H,8,9). The maximum Gasteiger partial charge on any atom is 0.217 e. The second-order valence-electron chi connectivity index (χ2n) is 2.55. The number of carbonyl (C=O) groups excluding carboxylic acids is 1. The van der Waals surface area contributed by atoms with Crippen molar-refractivity contribution >= 4 is 5.91 Å². The summed E-state index contributed by atoms with van der Waals surface area (Å²) in [4.78, 5) is 10.4. The number of rotatable bonds is 1. The Hall–Kier alpha value is -0.570. The van der Waals surface area contributed by atoms with Crippen LogP contribution in [0.1, 0.15) is 19.8 Å². The smallest absolute Gasteiger partial charge is 0.217 e. The van der Waals surface area contributed by atoms with Crippen molar-refractivity contribution in [1.82, 2.24) is 5.32 Å². The second kappa shape index (κ2) is 2.35. The topological polar surface area (TPSA) is 55.1 Å². The van der Waals surface area contributed by atoms with Crippen molar-refractivity contribution in [3.8, 4) is 0 Å². The van der Waals surface area contributed by atoms with Crippen LogP contribution in [0.15, 0.2) is 0 Å². The van der Waals surface area contributed by atoms with Crippen LogP contribution in [-0.2, 0) is 4.79 Å². The van der Waals surface area contributed by atoms with Gasteiger partial charge in [-0.3, -0.25) is 4.79 Å². The fourth-order valence-electron chi connectivity index (χ4n) is 0.966. The SMILES string of the molecule is CC(=O)NC1CCC1N. The first-order valence-corrected chi connectivity index (χ1v) is 3.23. The van der Waals surface area contributed by atoms with Gasteiger partial charge in [-0.1, -0.05) is 0 Å². The highest BCUT2D eigenvalue weighted by atomic mass is 16.1. The summed E-state index contributed by atoms with van der Waals surface area (Å²) in [6, 6.07) is 0.455. The van der Waals surface area contributed by atoms with Gasteiger partial charge in [0.2, 0.25) is 5.91 Å². The first-order chi connectivity index (χ1) is 4.20. The van der Waals surface area contributed by atoms with Crippen LogP contribution in [0.3, 0.4) is 0 Å². The van der Waals surface area contributed by atoms with Crippen molar-refractivity contribution in [2.75, 3.05) is 0 Å². The van der Waals surface area contributed by atoms with Gasteiger partial charge in [0.05, 0.1) is 0 Å².